The van der Waals surface area contributed by atoms with Gasteiger partial charge in [-0.25, -0.2) is 17.5 Å². The van der Waals surface area contributed by atoms with Gasteiger partial charge in [-0.15, -0.1) is 9.60 Å². The number of piperidine rings is 1. The van der Waals surface area contributed by atoms with Crippen LogP contribution in [0, 0.1) is 5.92 Å². The van der Waals surface area contributed by atoms with Crippen LogP contribution in [0.1, 0.15) is 24.4 Å². The molecule has 0 radical (unpaired) electrons. The summed E-state index contributed by atoms with van der Waals surface area (Å²) in [7, 11) is -3.92. The molecule has 4 rings (SSSR count). The molecule has 0 saturated carbocycles. The minimum absolute atomic E-state index is 0.0875. The van der Waals surface area contributed by atoms with Gasteiger partial charge in [-0.2, -0.15) is 0 Å². The van der Waals surface area contributed by atoms with Gasteiger partial charge in [-0.05, 0) is 42.5 Å². The summed E-state index contributed by atoms with van der Waals surface area (Å²) in [5.74, 6) is -0.475. The average molecular weight is 474 g/mol. The summed E-state index contributed by atoms with van der Waals surface area (Å²) in [4.78, 5) is 3.12. The summed E-state index contributed by atoms with van der Waals surface area (Å²) in [5.41, 5.74) is 1.14. The zero-order valence-electron chi connectivity index (χ0n) is 15.7. The molecule has 1 saturated heterocycles. The Bertz CT molecular complexity index is 1160. The molecule has 3 unspecified atom stereocenters. The monoisotopic (exact) mass is 473 g/mol. The third kappa shape index (κ3) is 4.07. The van der Waals surface area contributed by atoms with E-state index in [1.807, 2.05) is 0 Å². The lowest BCUT2D eigenvalue weighted by Gasteiger charge is -2.35. The van der Waals surface area contributed by atoms with Crippen molar-refractivity contribution in [2.45, 2.75) is 30.1 Å². The molecule has 2 aromatic carbocycles. The van der Waals surface area contributed by atoms with Gasteiger partial charge in [-0.1, -0.05) is 47.5 Å². The first kappa shape index (κ1) is 21.5. The lowest BCUT2D eigenvalue weighted by atomic mass is 9.85. The molecule has 2 heterocycles. The van der Waals surface area contributed by atoms with Crippen LogP contribution in [0.4, 0.5) is 8.87 Å². The minimum atomic E-state index is -3.92. The molecule has 3 atom stereocenters. The molecule has 0 amide bonds. The highest BCUT2D eigenvalue weighted by Crippen LogP contribution is 2.40. The predicted octanol–water partition coefficient (Wildman–Crippen LogP) is 5.39. The summed E-state index contributed by atoms with van der Waals surface area (Å²) in [5, 5.41) is 1.50. The fourth-order valence-corrected chi connectivity index (χ4v) is 5.78. The molecule has 5 nitrogen and oxygen atoms in total. The Kier molecular flexibility index (Phi) is 6.05. The molecule has 0 spiro atoms. The number of alkyl halides is 1. The number of nitrogens with zero attached hydrogens (tertiary/aromatic N) is 1. The topological polar surface area (TPSA) is 65.2 Å². The van der Waals surface area contributed by atoms with Gasteiger partial charge in [0.05, 0.1) is 26.5 Å². The van der Waals surface area contributed by atoms with Crippen molar-refractivity contribution >= 4 is 44.1 Å². The standard InChI is InChI=1S/C20H19Cl2F2N3O2S/c21-15-7-6-14(20-18(15)16(22)11-25-20)19(12-8-9-27(24)17(23)10-12)26-30(28,29)13-4-2-1-3-5-13/h1-7,11-12,17,19,25-26H,8-10H2. The molecule has 3 aromatic rings. The van der Waals surface area contributed by atoms with Crippen molar-refractivity contribution in [1.29, 1.82) is 0 Å². The van der Waals surface area contributed by atoms with E-state index in [0.29, 0.717) is 26.5 Å². The zero-order chi connectivity index (χ0) is 21.5. The average Bonchev–Trinajstić information content (AvgIpc) is 3.12. The number of rotatable bonds is 5. The lowest BCUT2D eigenvalue weighted by molar-refractivity contribution is -0.116. The van der Waals surface area contributed by atoms with Gasteiger partial charge in [0.25, 0.3) is 0 Å². The Hall–Kier alpha value is -1.71. The number of sulfonamides is 1. The van der Waals surface area contributed by atoms with E-state index in [1.165, 1.54) is 12.1 Å². The van der Waals surface area contributed by atoms with E-state index in [4.69, 9.17) is 23.2 Å². The van der Waals surface area contributed by atoms with Gasteiger partial charge in [0.2, 0.25) is 10.0 Å². The fraction of sp³-hybridized carbons (Fsp3) is 0.300. The second kappa shape index (κ2) is 8.43. The molecule has 30 heavy (non-hydrogen) atoms. The normalized spacial score (nSPS) is 21.7. The Balaban J connectivity index is 1.80. The lowest BCUT2D eigenvalue weighted by Crippen LogP contribution is -2.41. The molecule has 1 aliphatic heterocycles. The van der Waals surface area contributed by atoms with Crippen LogP contribution < -0.4 is 4.72 Å². The molecule has 1 aromatic heterocycles. The maximum atomic E-state index is 14.2. The Morgan fingerprint density at radius 1 is 1.13 bits per heavy atom. The van der Waals surface area contributed by atoms with E-state index in [2.05, 4.69) is 9.71 Å². The summed E-state index contributed by atoms with van der Waals surface area (Å²) in [6.07, 6.45) is -0.122. The Morgan fingerprint density at radius 2 is 1.87 bits per heavy atom. The smallest absolute Gasteiger partial charge is 0.241 e. The van der Waals surface area contributed by atoms with E-state index in [-0.39, 0.29) is 29.4 Å². The van der Waals surface area contributed by atoms with Crippen molar-refractivity contribution in [2.24, 2.45) is 5.92 Å². The number of nitrogens with one attached hydrogen (secondary N) is 2. The van der Waals surface area contributed by atoms with E-state index in [0.717, 1.165) is 0 Å². The molecular formula is C20H19Cl2F2N3O2S. The highest BCUT2D eigenvalue weighted by molar-refractivity contribution is 7.89. The fourth-order valence-electron chi connectivity index (χ4n) is 3.91. The van der Waals surface area contributed by atoms with Crippen molar-refractivity contribution in [3.05, 3.63) is 64.3 Å². The Morgan fingerprint density at radius 3 is 2.57 bits per heavy atom. The third-order valence-corrected chi connectivity index (χ3v) is 7.50. The van der Waals surface area contributed by atoms with Gasteiger partial charge < -0.3 is 4.98 Å². The number of H-pyrrole nitrogens is 1. The van der Waals surface area contributed by atoms with Crippen LogP contribution in [-0.4, -0.2) is 31.4 Å². The number of aromatic amines is 1. The van der Waals surface area contributed by atoms with Crippen molar-refractivity contribution < 1.29 is 17.3 Å². The van der Waals surface area contributed by atoms with Gasteiger partial charge in [0, 0.05) is 18.1 Å². The second-order valence-electron chi connectivity index (χ2n) is 7.28. The largest absolute Gasteiger partial charge is 0.359 e. The number of hydrogen-bond acceptors (Lipinski definition) is 3. The minimum Gasteiger partial charge on any atom is -0.359 e. The SMILES string of the molecule is O=S(=O)(NC(c1ccc(Cl)c2c(Cl)c[nH]c12)C1CCN(F)C(F)C1)c1ccccc1. The van der Waals surface area contributed by atoms with Crippen LogP contribution in [0.25, 0.3) is 10.9 Å². The van der Waals surface area contributed by atoms with Gasteiger partial charge in [0.15, 0.2) is 6.30 Å². The highest BCUT2D eigenvalue weighted by atomic mass is 35.5. The summed E-state index contributed by atoms with van der Waals surface area (Å²) in [6, 6.07) is 10.4. The molecule has 160 valence electrons. The molecule has 2 N–H and O–H groups in total. The maximum Gasteiger partial charge on any atom is 0.241 e. The molecule has 10 heteroatoms. The first-order chi connectivity index (χ1) is 14.3. The maximum absolute atomic E-state index is 14.2. The van der Waals surface area contributed by atoms with Crippen LogP contribution in [-0.2, 0) is 10.0 Å². The molecule has 0 aliphatic carbocycles. The van der Waals surface area contributed by atoms with E-state index in [9.17, 15) is 17.3 Å². The van der Waals surface area contributed by atoms with Gasteiger partial charge >= 0.3 is 0 Å². The number of hydrogen-bond donors (Lipinski definition) is 2. The number of fused-ring (bicyclic) bond motifs is 1. The van der Waals surface area contributed by atoms with Crippen molar-refractivity contribution in [3.8, 4) is 0 Å². The van der Waals surface area contributed by atoms with Crippen LogP contribution in [0.2, 0.25) is 10.0 Å². The van der Waals surface area contributed by atoms with Crippen LogP contribution in [0.3, 0.4) is 0 Å². The van der Waals surface area contributed by atoms with Crippen molar-refractivity contribution in [1.82, 2.24) is 14.8 Å². The van der Waals surface area contributed by atoms with E-state index in [1.54, 1.807) is 36.5 Å². The predicted molar refractivity (Wildman–Crippen MR) is 113 cm³/mol. The molecule has 0 bridgehead atoms. The summed E-state index contributed by atoms with van der Waals surface area (Å²) >= 11 is 12.5. The number of benzene rings is 2. The molecule has 1 aliphatic rings. The van der Waals surface area contributed by atoms with Crippen LogP contribution in [0.5, 0.6) is 0 Å². The van der Waals surface area contributed by atoms with Crippen molar-refractivity contribution in [2.75, 3.05) is 6.54 Å². The molecular weight excluding hydrogens is 455 g/mol. The third-order valence-electron chi connectivity index (χ3n) is 5.43. The first-order valence-electron chi connectivity index (χ1n) is 9.37. The van der Waals surface area contributed by atoms with Crippen LogP contribution in [0.15, 0.2) is 53.6 Å². The summed E-state index contributed by atoms with van der Waals surface area (Å²) < 4.78 is 56.6. The first-order valence-corrected chi connectivity index (χ1v) is 11.6. The zero-order valence-corrected chi connectivity index (χ0v) is 18.0. The van der Waals surface area contributed by atoms with E-state index < -0.39 is 28.3 Å². The number of halogens is 4. The van der Waals surface area contributed by atoms with Gasteiger partial charge in [-0.3, -0.25) is 0 Å². The highest BCUT2D eigenvalue weighted by Gasteiger charge is 2.37. The second-order valence-corrected chi connectivity index (χ2v) is 9.81. The van der Waals surface area contributed by atoms with Gasteiger partial charge in [0.1, 0.15) is 0 Å². The quantitative estimate of drug-likeness (QED) is 0.385. The number of aromatic nitrogens is 1. The molecule has 1 fully saturated rings. The summed E-state index contributed by atoms with van der Waals surface area (Å²) in [6.45, 7) is -0.127. The van der Waals surface area contributed by atoms with Crippen molar-refractivity contribution in [3.63, 3.8) is 0 Å². The van der Waals surface area contributed by atoms with E-state index >= 15 is 0 Å². The van der Waals surface area contributed by atoms with Crippen LogP contribution >= 0.6 is 23.2 Å². The Labute approximate surface area is 183 Å².